The van der Waals surface area contributed by atoms with Crippen molar-refractivity contribution in [2.45, 2.75) is 44.6 Å². The first-order valence-electron chi connectivity index (χ1n) is 10.7. The Hall–Kier alpha value is -3.22. The number of benzene rings is 2. The van der Waals surface area contributed by atoms with E-state index in [4.69, 9.17) is 9.26 Å². The molecule has 1 heterocycles. The third kappa shape index (κ3) is 5.10. The van der Waals surface area contributed by atoms with Gasteiger partial charge in [0.2, 0.25) is 11.7 Å². The van der Waals surface area contributed by atoms with Crippen LogP contribution in [0.5, 0.6) is 5.75 Å². The molecule has 0 radical (unpaired) electrons. The van der Waals surface area contributed by atoms with Gasteiger partial charge < -0.3 is 14.2 Å². The molecule has 7 heteroatoms. The summed E-state index contributed by atoms with van der Waals surface area (Å²) in [6.07, 6.45) is 5.95. The van der Waals surface area contributed by atoms with Crippen LogP contribution in [0.4, 0.5) is 4.39 Å². The predicted molar refractivity (Wildman–Crippen MR) is 114 cm³/mol. The van der Waals surface area contributed by atoms with Crippen molar-refractivity contribution in [3.63, 3.8) is 0 Å². The van der Waals surface area contributed by atoms with Gasteiger partial charge in [0.25, 0.3) is 5.91 Å². The van der Waals surface area contributed by atoms with Gasteiger partial charge in [-0.05, 0) is 61.4 Å². The van der Waals surface area contributed by atoms with E-state index in [1.807, 2.05) is 4.90 Å². The lowest BCUT2D eigenvalue weighted by Gasteiger charge is -2.34. The third-order valence-corrected chi connectivity index (χ3v) is 5.75. The number of hydrogen-bond acceptors (Lipinski definition) is 5. The largest absolute Gasteiger partial charge is 0.497 e. The van der Waals surface area contributed by atoms with Crippen LogP contribution in [-0.4, -0.2) is 40.6 Å². The van der Waals surface area contributed by atoms with Crippen LogP contribution < -0.4 is 4.74 Å². The van der Waals surface area contributed by atoms with Crippen LogP contribution in [0.15, 0.2) is 53.1 Å². The molecule has 6 nitrogen and oxygen atoms in total. The number of carbonyl (C=O) groups is 1. The molecule has 1 amide bonds. The first-order valence-corrected chi connectivity index (χ1v) is 10.7. The fraction of sp³-hybridized carbons (Fsp3) is 0.375. The van der Waals surface area contributed by atoms with E-state index in [9.17, 15) is 9.18 Å². The highest BCUT2D eigenvalue weighted by Gasteiger charge is 2.27. The lowest BCUT2D eigenvalue weighted by molar-refractivity contribution is 0.0632. The van der Waals surface area contributed by atoms with Crippen molar-refractivity contribution in [3.8, 4) is 17.1 Å². The average Bonchev–Trinajstić information content (AvgIpc) is 3.29. The highest BCUT2D eigenvalue weighted by Crippen LogP contribution is 2.25. The Labute approximate surface area is 181 Å². The van der Waals surface area contributed by atoms with E-state index in [0.29, 0.717) is 35.8 Å². The SMILES string of the molecule is COc1ccc(C(=O)N(CCc2nc(-c3ccc(F)cc3)no2)C2CCCCC2)cc1. The van der Waals surface area contributed by atoms with Gasteiger partial charge in [-0.15, -0.1) is 0 Å². The Balaban J connectivity index is 1.48. The van der Waals surface area contributed by atoms with Gasteiger partial charge in [-0.25, -0.2) is 4.39 Å². The molecule has 1 aliphatic rings. The van der Waals surface area contributed by atoms with Crippen LogP contribution in [0.1, 0.15) is 48.4 Å². The molecule has 1 fully saturated rings. The Kier molecular flexibility index (Phi) is 6.60. The third-order valence-electron chi connectivity index (χ3n) is 5.75. The Morgan fingerprint density at radius 3 is 2.48 bits per heavy atom. The van der Waals surface area contributed by atoms with Crippen LogP contribution in [0.3, 0.4) is 0 Å². The molecule has 162 valence electrons. The second kappa shape index (κ2) is 9.73. The summed E-state index contributed by atoms with van der Waals surface area (Å²) in [5, 5.41) is 4.00. The molecule has 3 aromatic rings. The molecule has 2 aromatic carbocycles. The van der Waals surface area contributed by atoms with Crippen LogP contribution in [-0.2, 0) is 6.42 Å². The number of rotatable bonds is 7. The van der Waals surface area contributed by atoms with E-state index >= 15 is 0 Å². The zero-order chi connectivity index (χ0) is 21.6. The Bertz CT molecular complexity index is 996. The molecule has 1 aliphatic carbocycles. The maximum absolute atomic E-state index is 13.3. The zero-order valence-electron chi connectivity index (χ0n) is 17.6. The molecule has 1 aromatic heterocycles. The molecule has 0 spiro atoms. The molecule has 4 rings (SSSR count). The van der Waals surface area contributed by atoms with Crippen molar-refractivity contribution in [2.24, 2.45) is 0 Å². The fourth-order valence-electron chi connectivity index (χ4n) is 4.03. The molecule has 0 unspecified atom stereocenters. The van der Waals surface area contributed by atoms with Crippen molar-refractivity contribution in [3.05, 3.63) is 65.8 Å². The second-order valence-corrected chi connectivity index (χ2v) is 7.79. The van der Waals surface area contributed by atoms with Gasteiger partial charge >= 0.3 is 0 Å². The maximum atomic E-state index is 13.3. The lowest BCUT2D eigenvalue weighted by Crippen LogP contribution is -2.42. The molecular formula is C24H26FN3O3. The minimum Gasteiger partial charge on any atom is -0.497 e. The number of carbonyl (C=O) groups excluding carboxylic acids is 1. The number of methoxy groups -OCH3 is 1. The summed E-state index contributed by atoms with van der Waals surface area (Å²) >= 11 is 0. The minimum atomic E-state index is -0.312. The van der Waals surface area contributed by atoms with Gasteiger partial charge in [0.15, 0.2) is 0 Å². The number of ether oxygens (including phenoxy) is 1. The summed E-state index contributed by atoms with van der Waals surface area (Å²) in [7, 11) is 1.61. The number of aromatic nitrogens is 2. The molecule has 0 N–H and O–H groups in total. The van der Waals surface area contributed by atoms with Crippen LogP contribution in [0.2, 0.25) is 0 Å². The van der Waals surface area contributed by atoms with Crippen molar-refractivity contribution >= 4 is 5.91 Å². The summed E-state index contributed by atoms with van der Waals surface area (Å²) in [6.45, 7) is 0.501. The van der Waals surface area contributed by atoms with Gasteiger partial charge in [-0.3, -0.25) is 4.79 Å². The van der Waals surface area contributed by atoms with E-state index < -0.39 is 0 Å². The molecule has 1 saturated carbocycles. The summed E-state index contributed by atoms with van der Waals surface area (Å²) in [4.78, 5) is 19.7. The van der Waals surface area contributed by atoms with Gasteiger partial charge in [0.1, 0.15) is 11.6 Å². The maximum Gasteiger partial charge on any atom is 0.254 e. The lowest BCUT2D eigenvalue weighted by atomic mass is 9.93. The van der Waals surface area contributed by atoms with Gasteiger partial charge in [0, 0.05) is 30.1 Å². The molecule has 31 heavy (non-hydrogen) atoms. The predicted octanol–water partition coefficient (Wildman–Crippen LogP) is 4.90. The summed E-state index contributed by atoms with van der Waals surface area (Å²) < 4.78 is 23.7. The van der Waals surface area contributed by atoms with Crippen molar-refractivity contribution in [2.75, 3.05) is 13.7 Å². The summed E-state index contributed by atoms with van der Waals surface area (Å²) in [5.41, 5.74) is 1.33. The van der Waals surface area contributed by atoms with E-state index in [1.54, 1.807) is 43.5 Å². The average molecular weight is 423 g/mol. The Morgan fingerprint density at radius 2 is 1.81 bits per heavy atom. The molecule has 0 saturated heterocycles. The first kappa shape index (κ1) is 21.0. The van der Waals surface area contributed by atoms with Crippen molar-refractivity contribution < 1.29 is 18.4 Å². The minimum absolute atomic E-state index is 0.00725. The molecule has 0 aliphatic heterocycles. The van der Waals surface area contributed by atoms with E-state index in [1.165, 1.54) is 18.6 Å². The van der Waals surface area contributed by atoms with Gasteiger partial charge in [-0.1, -0.05) is 24.4 Å². The monoisotopic (exact) mass is 423 g/mol. The van der Waals surface area contributed by atoms with Gasteiger partial charge in [0.05, 0.1) is 7.11 Å². The normalized spacial score (nSPS) is 14.4. The quantitative estimate of drug-likeness (QED) is 0.541. The van der Waals surface area contributed by atoms with E-state index in [-0.39, 0.29) is 17.8 Å². The van der Waals surface area contributed by atoms with Crippen LogP contribution in [0.25, 0.3) is 11.4 Å². The van der Waals surface area contributed by atoms with E-state index in [0.717, 1.165) is 31.4 Å². The second-order valence-electron chi connectivity index (χ2n) is 7.79. The number of nitrogens with zero attached hydrogens (tertiary/aromatic N) is 3. The zero-order valence-corrected chi connectivity index (χ0v) is 17.6. The first-order chi connectivity index (χ1) is 15.1. The Morgan fingerprint density at radius 1 is 1.10 bits per heavy atom. The molecule has 0 atom stereocenters. The van der Waals surface area contributed by atoms with Crippen molar-refractivity contribution in [1.29, 1.82) is 0 Å². The topological polar surface area (TPSA) is 68.5 Å². The van der Waals surface area contributed by atoms with Gasteiger partial charge in [-0.2, -0.15) is 4.98 Å². The summed E-state index contributed by atoms with van der Waals surface area (Å²) in [6, 6.07) is 13.4. The molecular weight excluding hydrogens is 397 g/mol. The highest BCUT2D eigenvalue weighted by atomic mass is 19.1. The van der Waals surface area contributed by atoms with Crippen LogP contribution >= 0.6 is 0 Å². The van der Waals surface area contributed by atoms with Crippen molar-refractivity contribution in [1.82, 2.24) is 15.0 Å². The highest BCUT2D eigenvalue weighted by molar-refractivity contribution is 5.94. The number of halogens is 1. The smallest absolute Gasteiger partial charge is 0.254 e. The van der Waals surface area contributed by atoms with Crippen LogP contribution in [0, 0.1) is 5.82 Å². The number of amides is 1. The fourth-order valence-corrected chi connectivity index (χ4v) is 4.03. The molecule has 0 bridgehead atoms. The summed E-state index contributed by atoms with van der Waals surface area (Å²) in [5.74, 6) is 1.30. The van der Waals surface area contributed by atoms with E-state index in [2.05, 4.69) is 10.1 Å². The standard InChI is InChI=1S/C24H26FN3O3/c1-30-21-13-9-18(10-14-21)24(29)28(20-5-3-2-4-6-20)16-15-22-26-23(27-31-22)17-7-11-19(25)12-8-17/h7-14,20H,2-6,15-16H2,1H3. The number of hydrogen-bond donors (Lipinski definition) is 0.